The van der Waals surface area contributed by atoms with Crippen LogP contribution in [-0.4, -0.2) is 28.2 Å². The Bertz CT molecular complexity index is 1330. The third-order valence-electron chi connectivity index (χ3n) is 7.33. The van der Waals surface area contributed by atoms with E-state index in [0.717, 1.165) is 25.9 Å². The second kappa shape index (κ2) is 19.2. The van der Waals surface area contributed by atoms with E-state index in [2.05, 4.69) is 171 Å². The molecule has 0 aliphatic carbocycles. The molecule has 4 aromatic rings. The van der Waals surface area contributed by atoms with E-state index in [1.54, 1.807) is 0 Å². The molecule has 238 valence electrons. The second-order valence-electron chi connectivity index (χ2n) is 11.0. The van der Waals surface area contributed by atoms with Gasteiger partial charge >= 0.3 is 0 Å². The first kappa shape index (κ1) is 39.8. The van der Waals surface area contributed by atoms with Crippen molar-refractivity contribution in [2.75, 3.05) is 38.0 Å². The zero-order chi connectivity index (χ0) is 28.5. The molecule has 4 nitrogen and oxygen atoms in total. The van der Waals surface area contributed by atoms with Gasteiger partial charge in [-0.05, 0) is 60.4 Å². The van der Waals surface area contributed by atoms with Crippen LogP contribution < -0.4 is 18.9 Å². The lowest BCUT2D eigenvalue weighted by atomic mass is 10.1. The van der Waals surface area contributed by atoms with Crippen LogP contribution >= 0.6 is 0 Å². The Morgan fingerprint density at radius 2 is 0.864 bits per heavy atom. The molecule has 44 heavy (non-hydrogen) atoms. The fourth-order valence-electron chi connectivity index (χ4n) is 4.73. The van der Waals surface area contributed by atoms with Crippen LogP contribution in [0.3, 0.4) is 0 Å². The Hall–Kier alpha value is -4.18. The lowest BCUT2D eigenvalue weighted by Gasteiger charge is -2.11. The zero-order valence-corrected chi connectivity index (χ0v) is 27.0. The lowest BCUT2D eigenvalue weighted by molar-refractivity contribution is -0.708. The Balaban J connectivity index is 0.00000462. The maximum absolute atomic E-state index is 2.31. The molecule has 0 bridgehead atoms. The van der Waals surface area contributed by atoms with E-state index in [1.165, 1.54) is 44.8 Å². The summed E-state index contributed by atoms with van der Waals surface area (Å²) >= 11 is 0. The van der Waals surface area contributed by atoms with E-state index in [9.17, 15) is 0 Å². The van der Waals surface area contributed by atoms with Crippen LogP contribution in [0.25, 0.3) is 24.3 Å². The van der Waals surface area contributed by atoms with E-state index in [4.69, 9.17) is 0 Å². The third-order valence-corrected chi connectivity index (χ3v) is 7.33. The lowest BCUT2D eigenvalue weighted by Crippen LogP contribution is -2.36. The van der Waals surface area contributed by atoms with Gasteiger partial charge in [-0.3, -0.25) is 0 Å². The van der Waals surface area contributed by atoms with Crippen molar-refractivity contribution in [3.05, 3.63) is 134 Å². The van der Waals surface area contributed by atoms with Crippen molar-refractivity contribution in [2.45, 2.75) is 54.6 Å². The van der Waals surface area contributed by atoms with E-state index in [1.807, 2.05) is 0 Å². The molecule has 2 heterocycles. The summed E-state index contributed by atoms with van der Waals surface area (Å²) in [5, 5.41) is 0. The van der Waals surface area contributed by atoms with Crippen molar-refractivity contribution in [3.8, 4) is 0 Å². The van der Waals surface area contributed by atoms with Crippen LogP contribution in [0.5, 0.6) is 0 Å². The molecule has 0 N–H and O–H groups in total. The van der Waals surface area contributed by atoms with Crippen LogP contribution in [0.1, 0.15) is 61.1 Å². The van der Waals surface area contributed by atoms with E-state index in [0.29, 0.717) is 0 Å². The molecule has 4 rings (SSSR count). The number of hydrogen-bond acceptors (Lipinski definition) is 2. The normalized spacial score (nSPS) is 10.4. The maximum atomic E-state index is 2.31. The number of rotatable bonds is 11. The average Bonchev–Trinajstić information content (AvgIpc) is 2.95. The molecule has 4 heteroatoms. The quantitative estimate of drug-likeness (QED) is 0.0977. The highest BCUT2D eigenvalue weighted by atomic mass is 15.1. The van der Waals surface area contributed by atoms with E-state index < -0.39 is 0 Å². The number of anilines is 2. The van der Waals surface area contributed by atoms with Gasteiger partial charge < -0.3 is 24.7 Å². The van der Waals surface area contributed by atoms with Gasteiger partial charge in [0.1, 0.15) is 13.1 Å². The zero-order valence-electron chi connectivity index (χ0n) is 27.0. The van der Waals surface area contributed by atoms with Gasteiger partial charge in [0.25, 0.3) is 0 Å². The number of unbranched alkanes of at least 4 members (excludes halogenated alkanes) is 1. The van der Waals surface area contributed by atoms with Gasteiger partial charge in [-0.25, -0.2) is 9.13 Å². The maximum Gasteiger partial charge on any atom is 0.172 e. The van der Waals surface area contributed by atoms with Gasteiger partial charge in [0.2, 0.25) is 0 Å². The number of nitrogens with zero attached hydrogens (tertiary/aromatic N) is 4. The number of aromatic nitrogens is 2. The smallest absolute Gasteiger partial charge is 0.172 e. The summed E-state index contributed by atoms with van der Waals surface area (Å²) in [7, 11) is 8.27. The minimum Gasteiger partial charge on any atom is -0.378 e. The summed E-state index contributed by atoms with van der Waals surface area (Å²) in [4.78, 5) is 4.24. The van der Waals surface area contributed by atoms with E-state index in [-0.39, 0.29) is 29.7 Å². The Morgan fingerprint density at radius 3 is 1.16 bits per heavy atom. The molecule has 2 aromatic carbocycles. The highest BCUT2D eigenvalue weighted by Crippen LogP contribution is 2.17. The molecule has 0 aliphatic rings. The van der Waals surface area contributed by atoms with Crippen molar-refractivity contribution < 1.29 is 9.13 Å². The molecule has 2 aromatic heterocycles. The number of aryl methyl sites for hydroxylation is 4. The molecule has 0 amide bonds. The van der Waals surface area contributed by atoms with Gasteiger partial charge in [0, 0.05) is 75.7 Å². The van der Waals surface area contributed by atoms with Crippen molar-refractivity contribution in [1.82, 2.24) is 0 Å². The van der Waals surface area contributed by atoms with Crippen LogP contribution in [0.15, 0.2) is 85.5 Å². The minimum atomic E-state index is 0. The summed E-state index contributed by atoms with van der Waals surface area (Å²) < 4.78 is 4.63. The fourth-order valence-corrected chi connectivity index (χ4v) is 4.73. The minimum absolute atomic E-state index is 0. The van der Waals surface area contributed by atoms with E-state index >= 15 is 0 Å². The summed E-state index contributed by atoms with van der Waals surface area (Å²) in [6, 6.07) is 21.7. The van der Waals surface area contributed by atoms with Crippen LogP contribution in [0, 0.1) is 28.7 Å². The predicted molar refractivity (Wildman–Crippen MR) is 198 cm³/mol. The fraction of sp³-hybridized carbons (Fsp3) is 0.300. The highest BCUT2D eigenvalue weighted by Gasteiger charge is 2.08. The molecular formula is C40H58N4. The summed E-state index contributed by atoms with van der Waals surface area (Å²) in [6.07, 6.45) is 20.0. The first-order valence-corrected chi connectivity index (χ1v) is 14.2. The Kier molecular flexibility index (Phi) is 17.3. The molecule has 0 atom stereocenters. The monoisotopic (exact) mass is 594 g/mol. The van der Waals surface area contributed by atoms with Crippen LogP contribution in [0.4, 0.5) is 11.4 Å². The van der Waals surface area contributed by atoms with Gasteiger partial charge in [-0.1, -0.05) is 63.4 Å². The highest BCUT2D eigenvalue weighted by molar-refractivity contribution is 5.72. The van der Waals surface area contributed by atoms with Crippen molar-refractivity contribution in [2.24, 2.45) is 0 Å². The Labute approximate surface area is 270 Å². The van der Waals surface area contributed by atoms with Crippen molar-refractivity contribution in [3.63, 3.8) is 0 Å². The molecular weight excluding hydrogens is 536 g/mol. The number of hydrogen-bond donors (Lipinski definition) is 0. The van der Waals surface area contributed by atoms with Crippen molar-refractivity contribution >= 4 is 35.7 Å². The third kappa shape index (κ3) is 11.5. The Morgan fingerprint density at radius 1 is 0.523 bits per heavy atom. The topological polar surface area (TPSA) is 14.2 Å². The average molecular weight is 595 g/mol. The molecule has 0 fully saturated rings. The number of pyridine rings is 2. The second-order valence-corrected chi connectivity index (χ2v) is 11.0. The summed E-state index contributed by atoms with van der Waals surface area (Å²) in [6.45, 7) is 6.45. The summed E-state index contributed by atoms with van der Waals surface area (Å²) in [5.41, 5.74) is 9.99. The van der Waals surface area contributed by atoms with Crippen LogP contribution in [-0.2, 0) is 13.1 Å². The number of benzene rings is 2. The first-order chi connectivity index (χ1) is 19.3. The molecule has 0 aliphatic heterocycles. The molecule has 0 spiro atoms. The predicted octanol–water partition coefficient (Wildman–Crippen LogP) is 9.00. The first-order valence-electron chi connectivity index (χ1n) is 14.2. The van der Waals surface area contributed by atoms with Gasteiger partial charge in [0.15, 0.2) is 24.8 Å². The van der Waals surface area contributed by atoms with Gasteiger partial charge in [0.05, 0.1) is 0 Å². The molecule has 0 unspecified atom stereocenters. The van der Waals surface area contributed by atoms with Gasteiger partial charge in [-0.2, -0.15) is 0 Å². The van der Waals surface area contributed by atoms with Crippen molar-refractivity contribution in [1.29, 1.82) is 0 Å². The molecule has 0 saturated carbocycles. The molecule has 0 radical (unpaired) electrons. The standard InChI is InChI=1S/C36H44N4.2CH4.2CH3/c1-29-27-39(25-21-33(29)15-9-31-11-17-35(18-12-31)37(3)4)23-7-8-24-40-26-22-34(30(2)28-40)16-10-32-13-19-36(20-14-32)38(5)6;;;;/h9-22,25-28H,7-8,23-24H2,1-6H3;2*1H4;2*1H3/q+2;;;2*-1. The summed E-state index contributed by atoms with van der Waals surface area (Å²) in [5.74, 6) is 0. The van der Waals surface area contributed by atoms with Gasteiger partial charge in [-0.15, -0.1) is 0 Å². The largest absolute Gasteiger partial charge is 0.378 e. The molecule has 0 saturated heterocycles. The SMILES string of the molecule is C.C.Cc1c[n+](CCCC[n+]2ccc(/C=C/c3ccc(N(C)C)cc3)c(C)c2)ccc1/C=C/c1ccc(N(C)C)cc1.[CH3-].[CH3-]. The van der Waals surface area contributed by atoms with Crippen LogP contribution in [0.2, 0.25) is 0 Å².